The fourth-order valence-corrected chi connectivity index (χ4v) is 1.31. The summed E-state index contributed by atoms with van der Waals surface area (Å²) >= 11 is 0. The number of rotatable bonds is 3. The zero-order valence-corrected chi connectivity index (χ0v) is 7.83. The molecule has 1 atom stereocenters. The van der Waals surface area contributed by atoms with Gasteiger partial charge < -0.3 is 0 Å². The molecule has 1 rings (SSSR count). The molecule has 1 heterocycles. The van der Waals surface area contributed by atoms with Crippen molar-refractivity contribution in [2.24, 2.45) is 0 Å². The van der Waals surface area contributed by atoms with Crippen LogP contribution in [-0.2, 0) is 0 Å². The van der Waals surface area contributed by atoms with Crippen LogP contribution in [0.15, 0.2) is 12.3 Å². The summed E-state index contributed by atoms with van der Waals surface area (Å²) in [7, 11) is 5.74. The van der Waals surface area contributed by atoms with Crippen LogP contribution < -0.4 is 16.2 Å². The lowest BCUT2D eigenvalue weighted by Crippen LogP contribution is -2.62. The maximum Gasteiger partial charge on any atom is 0.163 e. The topological polar surface area (TPSA) is 42.6 Å². The molecule has 0 amide bonds. The van der Waals surface area contributed by atoms with Crippen LogP contribution in [0.3, 0.4) is 0 Å². The summed E-state index contributed by atoms with van der Waals surface area (Å²) in [5, 5.41) is 7.25. The molecule has 0 aromatic rings. The molecule has 0 spiro atoms. The Morgan fingerprint density at radius 1 is 1.25 bits per heavy atom. The molecule has 0 bridgehead atoms. The van der Waals surface area contributed by atoms with E-state index in [0.29, 0.717) is 0 Å². The highest BCUT2D eigenvalue weighted by Gasteiger charge is 2.21. The second-order valence-corrected chi connectivity index (χ2v) is 2.55. The van der Waals surface area contributed by atoms with Crippen LogP contribution >= 0.6 is 0 Å². The SMILES string of the molecule is CNC1N(NC)C=CCN1NC. The Morgan fingerprint density at radius 2 is 2.00 bits per heavy atom. The number of nitrogens with zero attached hydrogens (tertiary/aromatic N) is 2. The van der Waals surface area contributed by atoms with E-state index in [9.17, 15) is 0 Å². The van der Waals surface area contributed by atoms with Gasteiger partial charge in [0.1, 0.15) is 0 Å². The van der Waals surface area contributed by atoms with Gasteiger partial charge in [-0.25, -0.2) is 10.4 Å². The number of nitrogens with one attached hydrogen (secondary N) is 3. The van der Waals surface area contributed by atoms with Crippen LogP contribution in [0.5, 0.6) is 0 Å². The van der Waals surface area contributed by atoms with E-state index in [1.165, 1.54) is 0 Å². The fourth-order valence-electron chi connectivity index (χ4n) is 1.31. The molecule has 5 heteroatoms. The van der Waals surface area contributed by atoms with E-state index < -0.39 is 0 Å². The van der Waals surface area contributed by atoms with E-state index in [2.05, 4.69) is 27.3 Å². The van der Waals surface area contributed by atoms with Gasteiger partial charge in [0.15, 0.2) is 6.29 Å². The van der Waals surface area contributed by atoms with E-state index in [0.717, 1.165) is 6.54 Å². The van der Waals surface area contributed by atoms with Gasteiger partial charge in [0, 0.05) is 19.8 Å². The molecule has 0 aromatic heterocycles. The van der Waals surface area contributed by atoms with Crippen molar-refractivity contribution in [3.05, 3.63) is 12.3 Å². The third-order valence-corrected chi connectivity index (χ3v) is 1.93. The number of hydrogen-bond acceptors (Lipinski definition) is 5. The second kappa shape index (κ2) is 4.42. The van der Waals surface area contributed by atoms with Crippen molar-refractivity contribution in [2.75, 3.05) is 27.7 Å². The molecule has 0 aliphatic carbocycles. The third kappa shape index (κ3) is 1.75. The van der Waals surface area contributed by atoms with Crippen molar-refractivity contribution in [2.45, 2.75) is 6.29 Å². The van der Waals surface area contributed by atoms with Crippen LogP contribution in [0.25, 0.3) is 0 Å². The van der Waals surface area contributed by atoms with E-state index in [4.69, 9.17) is 0 Å². The molecule has 0 saturated carbocycles. The average Bonchev–Trinajstić information content (AvgIpc) is 2.16. The molecular weight excluding hydrogens is 154 g/mol. The predicted octanol–water partition coefficient (Wildman–Crippen LogP) is -1.11. The first kappa shape index (κ1) is 9.47. The molecule has 0 aromatic carbocycles. The van der Waals surface area contributed by atoms with Crippen molar-refractivity contribution < 1.29 is 0 Å². The third-order valence-electron chi connectivity index (χ3n) is 1.93. The normalized spacial score (nSPS) is 24.9. The van der Waals surface area contributed by atoms with Gasteiger partial charge in [-0.3, -0.25) is 15.8 Å². The lowest BCUT2D eigenvalue weighted by atomic mass is 10.4. The molecule has 70 valence electrons. The summed E-state index contributed by atoms with van der Waals surface area (Å²) in [6, 6.07) is 0. The van der Waals surface area contributed by atoms with Gasteiger partial charge >= 0.3 is 0 Å². The second-order valence-electron chi connectivity index (χ2n) is 2.55. The minimum Gasteiger partial charge on any atom is -0.286 e. The Morgan fingerprint density at radius 3 is 2.50 bits per heavy atom. The lowest BCUT2D eigenvalue weighted by Gasteiger charge is -2.39. The zero-order valence-electron chi connectivity index (χ0n) is 7.83. The van der Waals surface area contributed by atoms with Crippen LogP contribution in [0, 0.1) is 0 Å². The Kier molecular flexibility index (Phi) is 3.48. The Bertz CT molecular complexity index is 158. The van der Waals surface area contributed by atoms with Gasteiger partial charge in [-0.05, 0) is 14.1 Å². The fraction of sp³-hybridized carbons (Fsp3) is 0.714. The highest BCUT2D eigenvalue weighted by atomic mass is 15.7. The molecule has 1 aliphatic rings. The van der Waals surface area contributed by atoms with Gasteiger partial charge in [-0.1, -0.05) is 6.08 Å². The maximum atomic E-state index is 3.18. The van der Waals surface area contributed by atoms with Gasteiger partial charge in [0.25, 0.3) is 0 Å². The lowest BCUT2D eigenvalue weighted by molar-refractivity contribution is -0.00438. The summed E-state index contributed by atoms with van der Waals surface area (Å²) in [5.74, 6) is 0. The summed E-state index contributed by atoms with van der Waals surface area (Å²) in [4.78, 5) is 0. The van der Waals surface area contributed by atoms with E-state index in [1.807, 2.05) is 32.4 Å². The van der Waals surface area contributed by atoms with Gasteiger partial charge in [-0.15, -0.1) is 0 Å². The quantitative estimate of drug-likeness (QED) is 0.502. The molecular formula is C7H17N5. The minimum atomic E-state index is 0.157. The maximum absolute atomic E-state index is 3.18. The average molecular weight is 171 g/mol. The number of hydrogen-bond donors (Lipinski definition) is 3. The molecule has 12 heavy (non-hydrogen) atoms. The highest BCUT2D eigenvalue weighted by molar-refractivity contribution is 4.90. The minimum absolute atomic E-state index is 0.157. The molecule has 1 unspecified atom stereocenters. The standard InChI is InChI=1S/C7H17N5/c1-8-7-11(9-2)5-4-6-12(7)10-3/h4-5,7-10H,6H2,1-3H3. The summed E-state index contributed by atoms with van der Waals surface area (Å²) in [6.45, 7) is 0.903. The summed E-state index contributed by atoms with van der Waals surface area (Å²) in [6.07, 6.45) is 4.26. The van der Waals surface area contributed by atoms with Crippen molar-refractivity contribution >= 4 is 0 Å². The van der Waals surface area contributed by atoms with Crippen molar-refractivity contribution in [1.82, 2.24) is 26.2 Å². The first-order chi connectivity index (χ1) is 5.83. The van der Waals surface area contributed by atoms with E-state index in [-0.39, 0.29) is 6.29 Å². The van der Waals surface area contributed by atoms with Crippen molar-refractivity contribution in [3.63, 3.8) is 0 Å². The molecule has 1 aliphatic heterocycles. The van der Waals surface area contributed by atoms with Gasteiger partial charge in [0.2, 0.25) is 0 Å². The predicted molar refractivity (Wildman–Crippen MR) is 48.7 cm³/mol. The number of hydrazine groups is 2. The Hall–Kier alpha value is -0.620. The highest BCUT2D eigenvalue weighted by Crippen LogP contribution is 2.03. The molecule has 0 fully saturated rings. The van der Waals surface area contributed by atoms with E-state index >= 15 is 0 Å². The first-order valence-electron chi connectivity index (χ1n) is 4.07. The Balaban J connectivity index is 2.63. The smallest absolute Gasteiger partial charge is 0.163 e. The van der Waals surface area contributed by atoms with Crippen molar-refractivity contribution in [1.29, 1.82) is 0 Å². The molecule has 3 N–H and O–H groups in total. The zero-order chi connectivity index (χ0) is 8.97. The summed E-state index contributed by atoms with van der Waals surface area (Å²) in [5.41, 5.74) is 6.18. The molecule has 0 radical (unpaired) electrons. The molecule has 5 nitrogen and oxygen atoms in total. The largest absolute Gasteiger partial charge is 0.286 e. The van der Waals surface area contributed by atoms with Crippen LogP contribution in [-0.4, -0.2) is 44.0 Å². The van der Waals surface area contributed by atoms with Crippen LogP contribution in [0.1, 0.15) is 0 Å². The van der Waals surface area contributed by atoms with Crippen LogP contribution in [0.4, 0.5) is 0 Å². The Labute approximate surface area is 73.3 Å². The van der Waals surface area contributed by atoms with E-state index in [1.54, 1.807) is 0 Å². The van der Waals surface area contributed by atoms with Gasteiger partial charge in [-0.2, -0.15) is 0 Å². The monoisotopic (exact) mass is 171 g/mol. The first-order valence-corrected chi connectivity index (χ1v) is 4.07. The summed E-state index contributed by atoms with van der Waals surface area (Å²) < 4.78 is 0. The van der Waals surface area contributed by atoms with Crippen molar-refractivity contribution in [3.8, 4) is 0 Å². The van der Waals surface area contributed by atoms with Gasteiger partial charge in [0.05, 0.1) is 0 Å². The molecule has 0 saturated heterocycles. The van der Waals surface area contributed by atoms with Crippen LogP contribution in [0.2, 0.25) is 0 Å².